The molecule has 1 heterocycles. The first kappa shape index (κ1) is 13.3. The number of hydrogen-bond donors (Lipinski definition) is 1. The Morgan fingerprint density at radius 2 is 2.10 bits per heavy atom. The van der Waals surface area contributed by atoms with E-state index in [2.05, 4.69) is 10.3 Å². The molecule has 3 nitrogen and oxygen atoms in total. The molecule has 0 aliphatic heterocycles. The smallest absolute Gasteiger partial charge is 0.147 e. The van der Waals surface area contributed by atoms with E-state index in [1.54, 1.807) is 12.4 Å². The summed E-state index contributed by atoms with van der Waals surface area (Å²) in [7, 11) is 1.88. The highest BCUT2D eigenvalue weighted by Gasteiger charge is 2.18. The first-order chi connectivity index (χ1) is 9.70. The summed E-state index contributed by atoms with van der Waals surface area (Å²) < 4.78 is 16.3. The van der Waals surface area contributed by atoms with Crippen molar-refractivity contribution in [1.82, 2.24) is 14.9 Å². The van der Waals surface area contributed by atoms with Gasteiger partial charge in [-0.2, -0.15) is 0 Å². The summed E-state index contributed by atoms with van der Waals surface area (Å²) in [5.41, 5.74) is 3.86. The third-order valence-corrected chi connectivity index (χ3v) is 4.19. The molecule has 4 heteroatoms. The summed E-state index contributed by atoms with van der Waals surface area (Å²) in [6.07, 6.45) is 6.11. The zero-order valence-electron chi connectivity index (χ0n) is 12.0. The number of aromatic nitrogens is 2. The van der Waals surface area contributed by atoms with Gasteiger partial charge >= 0.3 is 0 Å². The number of halogens is 1. The maximum absolute atomic E-state index is 14.4. The van der Waals surface area contributed by atoms with Crippen LogP contribution in [-0.4, -0.2) is 16.6 Å². The monoisotopic (exact) mass is 273 g/mol. The van der Waals surface area contributed by atoms with E-state index in [-0.39, 0.29) is 11.9 Å². The van der Waals surface area contributed by atoms with Gasteiger partial charge in [-0.15, -0.1) is 0 Å². The third kappa shape index (κ3) is 2.24. The highest BCUT2D eigenvalue weighted by atomic mass is 19.1. The minimum atomic E-state index is -0.185. The summed E-state index contributed by atoms with van der Waals surface area (Å²) >= 11 is 0. The summed E-state index contributed by atoms with van der Waals surface area (Å²) in [4.78, 5) is 4.43. The van der Waals surface area contributed by atoms with Crippen LogP contribution in [0.2, 0.25) is 0 Å². The van der Waals surface area contributed by atoms with Crippen LogP contribution in [0.1, 0.15) is 42.8 Å². The van der Waals surface area contributed by atoms with Gasteiger partial charge in [0.2, 0.25) is 0 Å². The molecule has 3 rings (SSSR count). The molecule has 0 bridgehead atoms. The third-order valence-electron chi connectivity index (χ3n) is 4.19. The van der Waals surface area contributed by atoms with E-state index in [1.165, 1.54) is 12.1 Å². The van der Waals surface area contributed by atoms with E-state index < -0.39 is 0 Å². The Labute approximate surface area is 118 Å². The van der Waals surface area contributed by atoms with E-state index in [1.807, 2.05) is 30.7 Å². The number of nitrogens with one attached hydrogen (secondary N) is 1. The average molecular weight is 273 g/mol. The Hall–Kier alpha value is -1.68. The number of aryl methyl sites for hydroxylation is 1. The maximum atomic E-state index is 14.4. The quantitative estimate of drug-likeness (QED) is 0.931. The van der Waals surface area contributed by atoms with Crippen molar-refractivity contribution in [3.8, 4) is 5.69 Å². The van der Waals surface area contributed by atoms with Crippen LogP contribution in [0.15, 0.2) is 24.5 Å². The van der Waals surface area contributed by atoms with Crippen molar-refractivity contribution in [2.45, 2.75) is 38.6 Å². The normalized spacial score (nSPS) is 15.9. The van der Waals surface area contributed by atoms with Gasteiger partial charge in [-0.1, -0.05) is 6.07 Å². The van der Waals surface area contributed by atoms with Crippen LogP contribution in [-0.2, 0) is 12.8 Å². The molecule has 106 valence electrons. The molecule has 0 fully saturated rings. The Morgan fingerprint density at radius 1 is 1.30 bits per heavy atom. The van der Waals surface area contributed by atoms with Crippen LogP contribution in [0.25, 0.3) is 5.69 Å². The van der Waals surface area contributed by atoms with Gasteiger partial charge in [0.15, 0.2) is 0 Å². The average Bonchev–Trinajstić information content (AvgIpc) is 2.90. The molecule has 1 atom stereocenters. The lowest BCUT2D eigenvalue weighted by molar-refractivity contribution is 0.595. The fraction of sp³-hybridized carbons (Fsp3) is 0.438. The predicted octanol–water partition coefficient (Wildman–Crippen LogP) is 3.17. The van der Waals surface area contributed by atoms with E-state index in [4.69, 9.17) is 0 Å². The lowest BCUT2D eigenvalue weighted by Gasteiger charge is -2.16. The molecule has 1 aromatic carbocycles. The van der Waals surface area contributed by atoms with Gasteiger partial charge in [0.05, 0.1) is 17.7 Å². The summed E-state index contributed by atoms with van der Waals surface area (Å²) in [6, 6.07) is 5.60. The molecule has 1 unspecified atom stereocenters. The number of benzene rings is 1. The molecule has 0 amide bonds. The molecule has 20 heavy (non-hydrogen) atoms. The molecule has 0 spiro atoms. The van der Waals surface area contributed by atoms with Gasteiger partial charge < -0.3 is 9.88 Å². The van der Waals surface area contributed by atoms with Crippen molar-refractivity contribution in [2.75, 3.05) is 7.05 Å². The van der Waals surface area contributed by atoms with Gasteiger partial charge in [0.1, 0.15) is 5.82 Å². The number of hydrogen-bond acceptors (Lipinski definition) is 2. The lowest BCUT2D eigenvalue weighted by atomic mass is 10.0. The molecule has 1 aliphatic carbocycles. The second-order valence-electron chi connectivity index (χ2n) is 5.44. The summed E-state index contributed by atoms with van der Waals surface area (Å²) in [5.74, 6) is -0.185. The molecule has 1 aromatic heterocycles. The largest absolute Gasteiger partial charge is 0.313 e. The highest BCUT2D eigenvalue weighted by Crippen LogP contribution is 2.25. The first-order valence-electron chi connectivity index (χ1n) is 7.23. The van der Waals surface area contributed by atoms with Crippen molar-refractivity contribution >= 4 is 0 Å². The minimum Gasteiger partial charge on any atom is -0.313 e. The number of rotatable bonds is 3. The van der Waals surface area contributed by atoms with E-state index in [0.717, 1.165) is 30.5 Å². The molecule has 0 saturated heterocycles. The first-order valence-corrected chi connectivity index (χ1v) is 7.23. The zero-order valence-corrected chi connectivity index (χ0v) is 12.0. The van der Waals surface area contributed by atoms with E-state index >= 15 is 0 Å². The van der Waals surface area contributed by atoms with Crippen LogP contribution in [0, 0.1) is 5.82 Å². The molecule has 1 aliphatic rings. The molecular formula is C16H20FN3. The Morgan fingerprint density at radius 3 is 2.85 bits per heavy atom. The molecular weight excluding hydrogens is 253 g/mol. The Bertz CT molecular complexity index is 618. The van der Waals surface area contributed by atoms with Crippen molar-refractivity contribution < 1.29 is 4.39 Å². The SMILES string of the molecule is CNC(C)c1ccc(-n2cnc3c2CCCC3)c(F)c1. The van der Waals surface area contributed by atoms with Gasteiger partial charge in [0.25, 0.3) is 0 Å². The highest BCUT2D eigenvalue weighted by molar-refractivity contribution is 5.40. The second kappa shape index (κ2) is 5.37. The number of imidazole rings is 1. The molecule has 0 radical (unpaired) electrons. The Balaban J connectivity index is 2.00. The molecule has 1 N–H and O–H groups in total. The van der Waals surface area contributed by atoms with E-state index in [0.29, 0.717) is 5.69 Å². The lowest BCUT2D eigenvalue weighted by Crippen LogP contribution is -2.13. The number of fused-ring (bicyclic) bond motifs is 1. The maximum Gasteiger partial charge on any atom is 0.147 e. The van der Waals surface area contributed by atoms with Crippen molar-refractivity contribution in [1.29, 1.82) is 0 Å². The van der Waals surface area contributed by atoms with Gasteiger partial charge in [-0.05, 0) is 57.4 Å². The molecule has 0 saturated carbocycles. The van der Waals surface area contributed by atoms with Crippen LogP contribution >= 0.6 is 0 Å². The minimum absolute atomic E-state index is 0.148. The van der Waals surface area contributed by atoms with Gasteiger partial charge in [0, 0.05) is 11.7 Å². The van der Waals surface area contributed by atoms with E-state index in [9.17, 15) is 4.39 Å². The fourth-order valence-corrected chi connectivity index (χ4v) is 2.83. The number of nitrogens with zero attached hydrogens (tertiary/aromatic N) is 2. The zero-order chi connectivity index (χ0) is 14.1. The summed E-state index contributed by atoms with van der Waals surface area (Å²) in [5, 5.41) is 3.13. The van der Waals surface area contributed by atoms with Crippen molar-refractivity contribution in [3.63, 3.8) is 0 Å². The van der Waals surface area contributed by atoms with Crippen LogP contribution in [0.4, 0.5) is 4.39 Å². The predicted molar refractivity (Wildman–Crippen MR) is 77.6 cm³/mol. The van der Waals surface area contributed by atoms with Crippen LogP contribution in [0.3, 0.4) is 0 Å². The summed E-state index contributed by atoms with van der Waals surface area (Å²) in [6.45, 7) is 2.02. The van der Waals surface area contributed by atoms with Crippen molar-refractivity contribution in [3.05, 3.63) is 47.3 Å². The molecule has 2 aromatic rings. The standard InChI is InChI=1S/C16H20FN3/c1-11(18-2)12-7-8-15(13(17)9-12)20-10-19-14-5-3-4-6-16(14)20/h7-11,18H,3-6H2,1-2H3. The van der Waals surface area contributed by atoms with Crippen molar-refractivity contribution in [2.24, 2.45) is 0 Å². The topological polar surface area (TPSA) is 29.9 Å². The van der Waals surface area contributed by atoms with Crippen LogP contribution < -0.4 is 5.32 Å². The second-order valence-corrected chi connectivity index (χ2v) is 5.44. The van der Waals surface area contributed by atoms with Crippen LogP contribution in [0.5, 0.6) is 0 Å². The Kier molecular flexibility index (Phi) is 3.57. The van der Waals surface area contributed by atoms with Gasteiger partial charge in [-0.3, -0.25) is 0 Å². The fourth-order valence-electron chi connectivity index (χ4n) is 2.83. The van der Waals surface area contributed by atoms with Gasteiger partial charge in [-0.25, -0.2) is 9.37 Å².